The lowest BCUT2D eigenvalue weighted by molar-refractivity contribution is 0.0987. The first-order chi connectivity index (χ1) is 11.0. The van der Waals surface area contributed by atoms with Crippen LogP contribution in [0.25, 0.3) is 32.3 Å². The second-order valence-corrected chi connectivity index (χ2v) is 7.96. The highest BCUT2D eigenvalue weighted by molar-refractivity contribution is 6.23. The topological polar surface area (TPSA) is 9.23 Å². The van der Waals surface area contributed by atoms with Crippen molar-refractivity contribution in [2.75, 3.05) is 0 Å². The number of hydrogen-bond acceptors (Lipinski definition) is 1. The summed E-state index contributed by atoms with van der Waals surface area (Å²) >= 11 is 0. The molecule has 0 aliphatic carbocycles. The Morgan fingerprint density at radius 3 is 1.96 bits per heavy atom. The molecule has 1 nitrogen and oxygen atoms in total. The van der Waals surface area contributed by atoms with Gasteiger partial charge in [0.2, 0.25) is 0 Å². The zero-order valence-electron chi connectivity index (χ0n) is 14.2. The van der Waals surface area contributed by atoms with E-state index >= 15 is 0 Å². The van der Waals surface area contributed by atoms with E-state index < -0.39 is 0 Å². The van der Waals surface area contributed by atoms with E-state index in [9.17, 15) is 0 Å². The van der Waals surface area contributed by atoms with Crippen LogP contribution in [0.15, 0.2) is 54.6 Å². The summed E-state index contributed by atoms with van der Waals surface area (Å²) in [6, 6.07) is 20.1. The Morgan fingerprint density at radius 2 is 1.35 bits per heavy atom. The maximum Gasteiger partial charge on any atom is 0.146 e. The molecule has 0 aliphatic heterocycles. The van der Waals surface area contributed by atoms with E-state index in [2.05, 4.69) is 75.4 Å². The van der Waals surface area contributed by atoms with E-state index in [1.807, 2.05) is 0 Å². The summed E-state index contributed by atoms with van der Waals surface area (Å²) in [4.78, 5) is 0. The minimum atomic E-state index is 0.0879. The van der Waals surface area contributed by atoms with Crippen LogP contribution < -0.4 is 0 Å². The lowest BCUT2D eigenvalue weighted by Gasteiger charge is -2.31. The second kappa shape index (κ2) is 5.05. The second-order valence-electron chi connectivity index (χ2n) is 7.49. The first-order valence-electron chi connectivity index (χ1n) is 8.20. The van der Waals surface area contributed by atoms with Crippen LogP contribution in [0.1, 0.15) is 32.4 Å². The van der Waals surface area contributed by atoms with Crippen LogP contribution in [0.4, 0.5) is 0 Å². The molecule has 0 bridgehead atoms. The molecular formula is C21H22OSi. The van der Waals surface area contributed by atoms with Crippen LogP contribution >= 0.6 is 0 Å². The SMILES string of the molecule is CC(C)(C)C(O[SiH3])c1ccc2ccc3cccc4ccc1c2c34. The van der Waals surface area contributed by atoms with Gasteiger partial charge in [-0.3, -0.25) is 0 Å². The molecule has 0 N–H and O–H groups in total. The molecule has 2 heteroatoms. The molecule has 0 saturated heterocycles. The lowest BCUT2D eigenvalue weighted by Crippen LogP contribution is -2.20. The molecule has 116 valence electrons. The normalized spacial score (nSPS) is 14.2. The van der Waals surface area contributed by atoms with Gasteiger partial charge in [-0.1, -0.05) is 75.4 Å². The third kappa shape index (κ3) is 2.17. The summed E-state index contributed by atoms with van der Waals surface area (Å²) in [5, 5.41) is 8.04. The van der Waals surface area contributed by atoms with Crippen molar-refractivity contribution in [1.82, 2.24) is 0 Å². The van der Waals surface area contributed by atoms with Gasteiger partial charge in [0.15, 0.2) is 0 Å². The Bertz CT molecular complexity index is 981. The predicted octanol–water partition coefficient (Wildman–Crippen LogP) is 4.97. The van der Waals surface area contributed by atoms with Crippen molar-refractivity contribution < 1.29 is 4.43 Å². The Kier molecular flexibility index (Phi) is 3.22. The van der Waals surface area contributed by atoms with E-state index in [0.29, 0.717) is 0 Å². The van der Waals surface area contributed by atoms with Crippen LogP contribution in [0.5, 0.6) is 0 Å². The molecular weight excluding hydrogens is 296 g/mol. The van der Waals surface area contributed by atoms with Crippen molar-refractivity contribution in [3.05, 3.63) is 60.2 Å². The van der Waals surface area contributed by atoms with E-state index in [4.69, 9.17) is 4.43 Å². The summed E-state index contributed by atoms with van der Waals surface area (Å²) in [5.74, 6) is 0. The van der Waals surface area contributed by atoms with Gasteiger partial charge in [-0.05, 0) is 43.3 Å². The first kappa shape index (κ1) is 14.7. The zero-order valence-corrected chi connectivity index (χ0v) is 16.2. The van der Waals surface area contributed by atoms with Gasteiger partial charge < -0.3 is 4.43 Å². The number of hydrogen-bond donors (Lipinski definition) is 0. The van der Waals surface area contributed by atoms with Crippen molar-refractivity contribution in [1.29, 1.82) is 0 Å². The lowest BCUT2D eigenvalue weighted by atomic mass is 9.81. The molecule has 4 rings (SSSR count). The van der Waals surface area contributed by atoms with Gasteiger partial charge in [0.1, 0.15) is 10.5 Å². The average Bonchev–Trinajstić information content (AvgIpc) is 2.53. The van der Waals surface area contributed by atoms with Crippen molar-refractivity contribution in [2.45, 2.75) is 26.9 Å². The van der Waals surface area contributed by atoms with E-state index in [-0.39, 0.29) is 11.5 Å². The molecule has 0 amide bonds. The molecule has 0 radical (unpaired) electrons. The van der Waals surface area contributed by atoms with Crippen molar-refractivity contribution in [2.24, 2.45) is 5.41 Å². The molecule has 4 aromatic rings. The average molecular weight is 318 g/mol. The third-order valence-corrected chi connectivity index (χ3v) is 5.34. The largest absolute Gasteiger partial charge is 0.420 e. The highest BCUT2D eigenvalue weighted by atomic mass is 28.2. The van der Waals surface area contributed by atoms with Crippen LogP contribution in [0.2, 0.25) is 0 Å². The maximum atomic E-state index is 6.03. The van der Waals surface area contributed by atoms with E-state index in [1.165, 1.54) is 37.9 Å². The number of benzene rings is 4. The molecule has 0 aromatic heterocycles. The number of rotatable bonds is 2. The van der Waals surface area contributed by atoms with Crippen LogP contribution in [0, 0.1) is 5.41 Å². The highest BCUT2D eigenvalue weighted by Crippen LogP contribution is 2.42. The monoisotopic (exact) mass is 318 g/mol. The van der Waals surface area contributed by atoms with Crippen LogP contribution in [-0.4, -0.2) is 10.5 Å². The van der Waals surface area contributed by atoms with Crippen molar-refractivity contribution in [3.63, 3.8) is 0 Å². The standard InChI is InChI=1S/C21H22OSi/c1-21(2,3)20(22-23)17-12-10-15-8-7-13-5-4-6-14-9-11-16(17)19(15)18(13)14/h4-12,20H,1-3,23H3. The maximum absolute atomic E-state index is 6.03. The molecule has 23 heavy (non-hydrogen) atoms. The predicted molar refractivity (Wildman–Crippen MR) is 103 cm³/mol. The van der Waals surface area contributed by atoms with Gasteiger partial charge in [-0.2, -0.15) is 0 Å². The minimum absolute atomic E-state index is 0.0879. The zero-order chi connectivity index (χ0) is 16.2. The highest BCUT2D eigenvalue weighted by Gasteiger charge is 2.27. The van der Waals surface area contributed by atoms with Gasteiger partial charge in [0.05, 0.1) is 6.10 Å². The van der Waals surface area contributed by atoms with E-state index in [0.717, 1.165) is 10.5 Å². The summed E-state index contributed by atoms with van der Waals surface area (Å²) in [6.07, 6.45) is 0.138. The summed E-state index contributed by atoms with van der Waals surface area (Å²) in [6.45, 7) is 6.77. The smallest absolute Gasteiger partial charge is 0.146 e. The molecule has 0 fully saturated rings. The molecule has 1 unspecified atom stereocenters. The molecule has 0 spiro atoms. The molecule has 0 heterocycles. The summed E-state index contributed by atoms with van der Waals surface area (Å²) in [7, 11) is 0.744. The Balaban J connectivity index is 2.15. The van der Waals surface area contributed by atoms with Gasteiger partial charge >= 0.3 is 0 Å². The van der Waals surface area contributed by atoms with Crippen molar-refractivity contribution >= 4 is 42.8 Å². The minimum Gasteiger partial charge on any atom is -0.420 e. The Morgan fingerprint density at radius 1 is 0.783 bits per heavy atom. The van der Waals surface area contributed by atoms with Crippen LogP contribution in [-0.2, 0) is 4.43 Å². The van der Waals surface area contributed by atoms with Crippen molar-refractivity contribution in [3.8, 4) is 0 Å². The molecule has 0 aliphatic rings. The first-order valence-corrected chi connectivity index (χ1v) is 9.01. The summed E-state index contributed by atoms with van der Waals surface area (Å²) in [5.41, 5.74) is 1.41. The fourth-order valence-electron chi connectivity index (χ4n) is 3.93. The van der Waals surface area contributed by atoms with E-state index in [1.54, 1.807) is 0 Å². The fourth-order valence-corrected chi connectivity index (χ4v) is 4.89. The van der Waals surface area contributed by atoms with Gasteiger partial charge in [-0.25, -0.2) is 0 Å². The van der Waals surface area contributed by atoms with Gasteiger partial charge in [0, 0.05) is 0 Å². The molecule has 0 saturated carbocycles. The third-order valence-electron chi connectivity index (χ3n) is 4.87. The Labute approximate surface area is 140 Å². The fraction of sp³-hybridized carbons (Fsp3) is 0.238. The summed E-state index contributed by atoms with van der Waals surface area (Å²) < 4.78 is 6.03. The quantitative estimate of drug-likeness (QED) is 0.374. The van der Waals surface area contributed by atoms with Gasteiger partial charge in [0.25, 0.3) is 0 Å². The van der Waals surface area contributed by atoms with Gasteiger partial charge in [-0.15, -0.1) is 0 Å². The Hall–Kier alpha value is -1.90. The molecule has 1 atom stereocenters. The van der Waals surface area contributed by atoms with Crippen LogP contribution in [0.3, 0.4) is 0 Å². The molecule has 4 aromatic carbocycles.